The Morgan fingerprint density at radius 3 is 2.25 bits per heavy atom. The number of rotatable bonds is 6. The van der Waals surface area contributed by atoms with E-state index in [9.17, 15) is 9.59 Å². The van der Waals surface area contributed by atoms with E-state index in [1.54, 1.807) is 12.1 Å². The topological polar surface area (TPSA) is 61.8 Å². The third-order valence-electron chi connectivity index (χ3n) is 3.30. The molecule has 0 spiro atoms. The summed E-state index contributed by atoms with van der Waals surface area (Å²) in [4.78, 5) is 22.9. The van der Waals surface area contributed by atoms with Crippen LogP contribution in [0.4, 0.5) is 0 Å². The number of Topliss-reactive ketones (excluding diaryl/α,β-unsaturated/α-hetero) is 1. The highest BCUT2D eigenvalue weighted by atomic mass is 16.7. The summed E-state index contributed by atoms with van der Waals surface area (Å²) < 4.78 is 16.0. The number of carbonyl (C=O) groups excluding carboxylic acids is 2. The Morgan fingerprint density at radius 2 is 1.75 bits per heavy atom. The number of fused-ring (bicyclic) bond motifs is 1. The van der Waals surface area contributed by atoms with Crippen LogP contribution in [0.2, 0.25) is 0 Å². The van der Waals surface area contributed by atoms with Crippen molar-refractivity contribution in [3.63, 3.8) is 0 Å². The lowest BCUT2D eigenvalue weighted by Crippen LogP contribution is -2.45. The molecule has 0 aromatic heterocycles. The summed E-state index contributed by atoms with van der Waals surface area (Å²) in [5.74, 6) is -0.517. The molecule has 0 radical (unpaired) electrons. The quantitative estimate of drug-likeness (QED) is 0.591. The van der Waals surface area contributed by atoms with Crippen molar-refractivity contribution >= 4 is 11.8 Å². The number of esters is 1. The van der Waals surface area contributed by atoms with Gasteiger partial charge < -0.3 is 14.2 Å². The van der Waals surface area contributed by atoms with Crippen molar-refractivity contribution in [1.29, 1.82) is 0 Å². The van der Waals surface area contributed by atoms with E-state index in [0.29, 0.717) is 37.2 Å². The average molecular weight is 278 g/mol. The second-order valence-electron chi connectivity index (χ2n) is 4.74. The molecule has 5 nitrogen and oxygen atoms in total. The SMILES string of the molecule is COC(=O)CCCCC1(C(C)=O)Oc2ccccc2O1. The molecule has 0 N–H and O–H groups in total. The van der Waals surface area contributed by atoms with Gasteiger partial charge in [0.25, 0.3) is 0 Å². The maximum Gasteiger partial charge on any atom is 0.311 e. The van der Waals surface area contributed by atoms with Gasteiger partial charge >= 0.3 is 11.8 Å². The first-order chi connectivity index (χ1) is 9.57. The first kappa shape index (κ1) is 14.4. The summed E-state index contributed by atoms with van der Waals surface area (Å²) in [6.45, 7) is 1.45. The van der Waals surface area contributed by atoms with Crippen LogP contribution in [0.3, 0.4) is 0 Å². The van der Waals surface area contributed by atoms with Gasteiger partial charge in [0.15, 0.2) is 11.5 Å². The third kappa shape index (κ3) is 2.92. The summed E-state index contributed by atoms with van der Waals surface area (Å²) in [6, 6.07) is 7.20. The van der Waals surface area contributed by atoms with E-state index in [1.165, 1.54) is 14.0 Å². The van der Waals surface area contributed by atoms with Crippen LogP contribution in [0.5, 0.6) is 11.5 Å². The Morgan fingerprint density at radius 1 is 1.15 bits per heavy atom. The zero-order valence-corrected chi connectivity index (χ0v) is 11.7. The lowest BCUT2D eigenvalue weighted by molar-refractivity contribution is -0.154. The van der Waals surface area contributed by atoms with Gasteiger partial charge in [-0.15, -0.1) is 0 Å². The molecule has 20 heavy (non-hydrogen) atoms. The molecule has 1 aliphatic heterocycles. The predicted molar refractivity (Wildman–Crippen MR) is 71.6 cm³/mol. The molecule has 2 rings (SSSR count). The van der Waals surface area contributed by atoms with Crippen LogP contribution in [-0.4, -0.2) is 24.6 Å². The minimum Gasteiger partial charge on any atom is -0.469 e. The molecule has 0 amide bonds. The summed E-state index contributed by atoms with van der Waals surface area (Å²) in [5.41, 5.74) is 0. The minimum absolute atomic E-state index is 0.174. The van der Waals surface area contributed by atoms with E-state index in [-0.39, 0.29) is 11.8 Å². The lowest BCUT2D eigenvalue weighted by atomic mass is 10.0. The molecule has 1 heterocycles. The molecule has 1 aliphatic rings. The van der Waals surface area contributed by atoms with Crippen molar-refractivity contribution in [3.8, 4) is 11.5 Å². The second-order valence-corrected chi connectivity index (χ2v) is 4.74. The number of para-hydroxylation sites is 2. The van der Waals surface area contributed by atoms with Crippen molar-refractivity contribution in [3.05, 3.63) is 24.3 Å². The van der Waals surface area contributed by atoms with Gasteiger partial charge in [0.05, 0.1) is 7.11 Å². The molecule has 1 aromatic rings. The van der Waals surface area contributed by atoms with Gasteiger partial charge in [-0.25, -0.2) is 0 Å². The highest BCUT2D eigenvalue weighted by Gasteiger charge is 2.45. The molecule has 0 aliphatic carbocycles. The number of unbranched alkanes of at least 4 members (excludes halogenated alkanes) is 1. The number of ether oxygens (including phenoxy) is 3. The standard InChI is InChI=1S/C15H18O5/c1-11(16)15(10-6-5-9-14(17)18-2)19-12-7-3-4-8-13(12)20-15/h3-4,7-8H,5-6,9-10H2,1-2H3. The Labute approximate surface area is 117 Å². The van der Waals surface area contributed by atoms with E-state index in [4.69, 9.17) is 9.47 Å². The van der Waals surface area contributed by atoms with Gasteiger partial charge in [0, 0.05) is 19.8 Å². The van der Waals surface area contributed by atoms with Crippen LogP contribution >= 0.6 is 0 Å². The molecule has 0 bridgehead atoms. The maximum atomic E-state index is 11.9. The number of carbonyl (C=O) groups is 2. The first-order valence-corrected chi connectivity index (χ1v) is 6.62. The number of hydrogen-bond acceptors (Lipinski definition) is 5. The van der Waals surface area contributed by atoms with Gasteiger partial charge in [-0.1, -0.05) is 12.1 Å². The fraction of sp³-hybridized carbons (Fsp3) is 0.467. The smallest absolute Gasteiger partial charge is 0.311 e. The highest BCUT2D eigenvalue weighted by Crippen LogP contribution is 2.41. The predicted octanol–water partition coefficient (Wildman–Crippen LogP) is 2.48. The molecule has 0 saturated carbocycles. The summed E-state index contributed by atoms with van der Waals surface area (Å²) >= 11 is 0. The van der Waals surface area contributed by atoms with E-state index in [1.807, 2.05) is 12.1 Å². The Bertz CT molecular complexity index is 484. The van der Waals surface area contributed by atoms with Crippen molar-refractivity contribution < 1.29 is 23.8 Å². The Balaban J connectivity index is 1.96. The van der Waals surface area contributed by atoms with Crippen LogP contribution in [0.25, 0.3) is 0 Å². The van der Waals surface area contributed by atoms with E-state index in [0.717, 1.165) is 0 Å². The van der Waals surface area contributed by atoms with Crippen molar-refractivity contribution in [1.82, 2.24) is 0 Å². The van der Waals surface area contributed by atoms with E-state index < -0.39 is 5.79 Å². The molecular formula is C15H18O5. The van der Waals surface area contributed by atoms with Crippen LogP contribution in [-0.2, 0) is 14.3 Å². The molecule has 0 atom stereocenters. The lowest BCUT2D eigenvalue weighted by Gasteiger charge is -2.24. The van der Waals surface area contributed by atoms with Crippen molar-refractivity contribution in [2.24, 2.45) is 0 Å². The summed E-state index contributed by atoms with van der Waals surface area (Å²) in [6.07, 6.45) is 2.01. The maximum absolute atomic E-state index is 11.9. The zero-order valence-electron chi connectivity index (χ0n) is 11.7. The number of benzene rings is 1. The Kier molecular flexibility index (Phi) is 4.27. The molecular weight excluding hydrogens is 260 g/mol. The monoisotopic (exact) mass is 278 g/mol. The number of ketones is 1. The minimum atomic E-state index is -1.25. The fourth-order valence-corrected chi connectivity index (χ4v) is 2.15. The van der Waals surface area contributed by atoms with Gasteiger partial charge in [0.1, 0.15) is 0 Å². The molecule has 1 aromatic carbocycles. The van der Waals surface area contributed by atoms with Crippen molar-refractivity contribution in [2.75, 3.05) is 7.11 Å². The molecule has 108 valence electrons. The van der Waals surface area contributed by atoms with Crippen LogP contribution in [0.1, 0.15) is 32.6 Å². The van der Waals surface area contributed by atoms with Crippen LogP contribution < -0.4 is 9.47 Å². The molecule has 0 fully saturated rings. The summed E-state index contributed by atoms with van der Waals surface area (Å²) in [5, 5.41) is 0. The van der Waals surface area contributed by atoms with E-state index in [2.05, 4.69) is 4.74 Å². The molecule has 5 heteroatoms. The molecule has 0 saturated heterocycles. The van der Waals surface area contributed by atoms with Crippen LogP contribution in [0.15, 0.2) is 24.3 Å². The van der Waals surface area contributed by atoms with Crippen LogP contribution in [0, 0.1) is 0 Å². The fourth-order valence-electron chi connectivity index (χ4n) is 2.15. The van der Waals surface area contributed by atoms with E-state index >= 15 is 0 Å². The number of hydrogen-bond donors (Lipinski definition) is 0. The van der Waals surface area contributed by atoms with Gasteiger partial charge in [-0.3, -0.25) is 9.59 Å². The average Bonchev–Trinajstić information content (AvgIpc) is 2.83. The summed E-state index contributed by atoms with van der Waals surface area (Å²) in [7, 11) is 1.36. The van der Waals surface area contributed by atoms with Gasteiger partial charge in [-0.2, -0.15) is 0 Å². The largest absolute Gasteiger partial charge is 0.469 e. The second kappa shape index (κ2) is 5.94. The Hall–Kier alpha value is -2.04. The zero-order chi connectivity index (χ0) is 14.6. The van der Waals surface area contributed by atoms with Gasteiger partial charge in [-0.05, 0) is 25.0 Å². The normalized spacial score (nSPS) is 14.9. The highest BCUT2D eigenvalue weighted by molar-refractivity contribution is 5.85. The van der Waals surface area contributed by atoms with Crippen molar-refractivity contribution in [2.45, 2.75) is 38.4 Å². The molecule has 0 unspecified atom stereocenters. The first-order valence-electron chi connectivity index (χ1n) is 6.62. The third-order valence-corrected chi connectivity index (χ3v) is 3.30. The number of methoxy groups -OCH3 is 1. The van der Waals surface area contributed by atoms with Gasteiger partial charge in [0.2, 0.25) is 5.78 Å².